The number of benzene rings is 2. The number of hydrogen-bond acceptors (Lipinski definition) is 5. The van der Waals surface area contributed by atoms with Gasteiger partial charge in [-0.05, 0) is 42.8 Å². The Morgan fingerprint density at radius 3 is 2.52 bits per heavy atom. The van der Waals surface area contributed by atoms with Gasteiger partial charge in [0.2, 0.25) is 5.90 Å². The van der Waals surface area contributed by atoms with Gasteiger partial charge >= 0.3 is 0 Å². The molecule has 1 heterocycles. The van der Waals surface area contributed by atoms with Gasteiger partial charge in [-0.15, -0.1) is 5.10 Å². The molecule has 7 nitrogen and oxygen atoms in total. The van der Waals surface area contributed by atoms with Gasteiger partial charge in [0, 0.05) is 22.2 Å². The molecule has 0 aliphatic carbocycles. The molecule has 1 aliphatic rings. The molecule has 2 aromatic rings. The predicted octanol–water partition coefficient (Wildman–Crippen LogP) is 4.68. The molecule has 0 saturated carbocycles. The number of carbonyl (C=O) groups excluding carboxylic acids is 1. The van der Waals surface area contributed by atoms with E-state index in [0.29, 0.717) is 27.9 Å². The van der Waals surface area contributed by atoms with Crippen molar-refractivity contribution in [3.8, 4) is 0 Å². The lowest BCUT2D eigenvalue weighted by atomic mass is 10.1. The molecule has 2 aromatic carbocycles. The lowest BCUT2D eigenvalue weighted by molar-refractivity contribution is -0.384. The van der Waals surface area contributed by atoms with E-state index in [1.807, 2.05) is 0 Å². The maximum Gasteiger partial charge on any atom is 0.284 e. The third kappa shape index (κ3) is 3.94. The van der Waals surface area contributed by atoms with Crippen molar-refractivity contribution >= 4 is 52.5 Å². The monoisotopic (exact) mass is 405 g/mol. The SMILES string of the molecule is CCOC1=NN(c2ccc([N+](=O)[O-])cc2)C(=O)/C1=C/c1ccc(Cl)cc1Cl. The van der Waals surface area contributed by atoms with Crippen molar-refractivity contribution in [1.29, 1.82) is 0 Å². The first-order valence-electron chi connectivity index (χ1n) is 7.88. The molecule has 1 aliphatic heterocycles. The summed E-state index contributed by atoms with van der Waals surface area (Å²) in [6.45, 7) is 2.08. The van der Waals surface area contributed by atoms with Gasteiger partial charge in [0.25, 0.3) is 11.6 Å². The van der Waals surface area contributed by atoms with Crippen molar-refractivity contribution in [3.63, 3.8) is 0 Å². The van der Waals surface area contributed by atoms with Crippen LogP contribution in [0.1, 0.15) is 12.5 Å². The Balaban J connectivity index is 1.98. The number of nitro groups is 1. The van der Waals surface area contributed by atoms with Crippen LogP contribution in [0.3, 0.4) is 0 Å². The largest absolute Gasteiger partial charge is 0.476 e. The van der Waals surface area contributed by atoms with Crippen LogP contribution >= 0.6 is 23.2 Å². The Bertz CT molecular complexity index is 971. The van der Waals surface area contributed by atoms with Crippen LogP contribution in [0.15, 0.2) is 53.1 Å². The predicted molar refractivity (Wildman–Crippen MR) is 104 cm³/mol. The number of rotatable bonds is 4. The highest BCUT2D eigenvalue weighted by Gasteiger charge is 2.33. The highest BCUT2D eigenvalue weighted by molar-refractivity contribution is 6.36. The number of ether oxygens (including phenoxy) is 1. The molecule has 3 rings (SSSR count). The van der Waals surface area contributed by atoms with E-state index in [9.17, 15) is 14.9 Å². The maximum absolute atomic E-state index is 12.9. The van der Waals surface area contributed by atoms with Gasteiger partial charge < -0.3 is 4.74 Å². The van der Waals surface area contributed by atoms with Gasteiger partial charge in [-0.3, -0.25) is 14.9 Å². The minimum Gasteiger partial charge on any atom is -0.476 e. The molecule has 138 valence electrons. The summed E-state index contributed by atoms with van der Waals surface area (Å²) < 4.78 is 5.48. The highest BCUT2D eigenvalue weighted by Crippen LogP contribution is 2.29. The Morgan fingerprint density at radius 2 is 1.93 bits per heavy atom. The molecule has 0 unspecified atom stereocenters. The Kier molecular flexibility index (Phi) is 5.43. The van der Waals surface area contributed by atoms with Crippen LogP contribution in [0.25, 0.3) is 6.08 Å². The molecule has 0 N–H and O–H groups in total. The smallest absolute Gasteiger partial charge is 0.284 e. The van der Waals surface area contributed by atoms with Crippen LogP contribution in [-0.2, 0) is 9.53 Å². The molecule has 1 amide bonds. The first-order chi connectivity index (χ1) is 12.9. The van der Waals surface area contributed by atoms with Crippen molar-refractivity contribution in [1.82, 2.24) is 0 Å². The van der Waals surface area contributed by atoms with Crippen molar-refractivity contribution in [3.05, 3.63) is 73.8 Å². The van der Waals surface area contributed by atoms with Crippen molar-refractivity contribution in [2.24, 2.45) is 5.10 Å². The number of non-ortho nitro benzene ring substituents is 1. The number of amides is 1. The van der Waals surface area contributed by atoms with Crippen LogP contribution < -0.4 is 5.01 Å². The second-order valence-corrected chi connectivity index (χ2v) is 6.30. The first kappa shape index (κ1) is 18.9. The Morgan fingerprint density at radius 1 is 1.22 bits per heavy atom. The molecule has 9 heteroatoms. The number of nitrogens with zero attached hydrogens (tertiary/aromatic N) is 3. The summed E-state index contributed by atoms with van der Waals surface area (Å²) in [5.74, 6) is -0.287. The third-order valence-electron chi connectivity index (χ3n) is 3.69. The van der Waals surface area contributed by atoms with E-state index < -0.39 is 10.8 Å². The summed E-state index contributed by atoms with van der Waals surface area (Å²) in [7, 11) is 0. The lowest BCUT2D eigenvalue weighted by Gasteiger charge is -2.10. The number of hydrogen-bond donors (Lipinski definition) is 0. The molecule has 0 aromatic heterocycles. The number of nitro benzene ring substituents is 1. The van der Waals surface area contributed by atoms with E-state index in [0.717, 1.165) is 5.01 Å². The minimum absolute atomic E-state index is 0.0804. The fourth-order valence-electron chi connectivity index (χ4n) is 2.43. The molecule has 0 atom stereocenters. The van der Waals surface area contributed by atoms with Gasteiger partial charge in [0.15, 0.2) is 0 Å². The van der Waals surface area contributed by atoms with E-state index in [4.69, 9.17) is 27.9 Å². The number of halogens is 2. The molecule has 0 saturated heterocycles. The van der Waals surface area contributed by atoms with Gasteiger partial charge in [0.05, 0.1) is 17.2 Å². The summed E-state index contributed by atoms with van der Waals surface area (Å²) in [6, 6.07) is 10.4. The second-order valence-electron chi connectivity index (χ2n) is 5.45. The molecular weight excluding hydrogens is 393 g/mol. The van der Waals surface area contributed by atoms with E-state index in [2.05, 4.69) is 5.10 Å². The fraction of sp³-hybridized carbons (Fsp3) is 0.111. The highest BCUT2D eigenvalue weighted by atomic mass is 35.5. The summed E-state index contributed by atoms with van der Waals surface area (Å²) >= 11 is 12.1. The topological polar surface area (TPSA) is 85.0 Å². The van der Waals surface area contributed by atoms with Crippen LogP contribution in [0.2, 0.25) is 10.0 Å². The average molecular weight is 406 g/mol. The molecule has 0 radical (unpaired) electrons. The first-order valence-corrected chi connectivity index (χ1v) is 8.63. The zero-order valence-electron chi connectivity index (χ0n) is 14.1. The van der Waals surface area contributed by atoms with Gasteiger partial charge in [0.1, 0.15) is 5.57 Å². The Labute approximate surface area is 164 Å². The van der Waals surface area contributed by atoms with Crippen LogP contribution in [0, 0.1) is 10.1 Å². The van der Waals surface area contributed by atoms with Gasteiger partial charge in [-0.1, -0.05) is 29.3 Å². The summed E-state index contributed by atoms with van der Waals surface area (Å²) in [4.78, 5) is 23.1. The van der Waals surface area contributed by atoms with Crippen molar-refractivity contribution < 1.29 is 14.5 Å². The average Bonchev–Trinajstić information content (AvgIpc) is 2.94. The number of carbonyl (C=O) groups is 1. The molecule has 0 spiro atoms. The van der Waals surface area contributed by atoms with Crippen LogP contribution in [0.5, 0.6) is 0 Å². The van der Waals surface area contributed by atoms with E-state index in [1.54, 1.807) is 31.2 Å². The minimum atomic E-state index is -0.516. The van der Waals surface area contributed by atoms with E-state index in [-0.39, 0.29) is 17.2 Å². The molecule has 0 bridgehead atoms. The molecule has 0 fully saturated rings. The third-order valence-corrected chi connectivity index (χ3v) is 4.25. The molecule has 27 heavy (non-hydrogen) atoms. The lowest BCUT2D eigenvalue weighted by Crippen LogP contribution is -2.21. The van der Waals surface area contributed by atoms with Crippen molar-refractivity contribution in [2.45, 2.75) is 6.92 Å². The quantitative estimate of drug-likeness (QED) is 0.419. The van der Waals surface area contributed by atoms with Gasteiger partial charge in [-0.2, -0.15) is 5.01 Å². The summed E-state index contributed by atoms with van der Waals surface area (Å²) in [6.07, 6.45) is 1.57. The van der Waals surface area contributed by atoms with Crippen molar-refractivity contribution in [2.75, 3.05) is 11.6 Å². The van der Waals surface area contributed by atoms with Gasteiger partial charge in [-0.25, -0.2) is 0 Å². The summed E-state index contributed by atoms with van der Waals surface area (Å²) in [5.41, 5.74) is 1.11. The zero-order valence-corrected chi connectivity index (χ0v) is 15.6. The van der Waals surface area contributed by atoms with E-state index >= 15 is 0 Å². The Hall–Kier alpha value is -2.90. The second kappa shape index (κ2) is 7.77. The fourth-order valence-corrected chi connectivity index (χ4v) is 2.89. The standard InChI is InChI=1S/C18H13Cl2N3O4/c1-2-27-17-15(9-11-3-4-12(19)10-16(11)20)18(24)22(21-17)13-5-7-14(8-6-13)23(25)26/h3-10H,2H2,1H3/b15-9+. The van der Waals surface area contributed by atoms with Crippen LogP contribution in [-0.4, -0.2) is 23.3 Å². The number of hydrazone groups is 1. The van der Waals surface area contributed by atoms with E-state index in [1.165, 1.54) is 24.3 Å². The maximum atomic E-state index is 12.9. The normalized spacial score (nSPS) is 15.2. The zero-order chi connectivity index (χ0) is 19.6. The molecular formula is C18H13Cl2N3O4. The van der Waals surface area contributed by atoms with Crippen LogP contribution in [0.4, 0.5) is 11.4 Å². The number of anilines is 1. The summed E-state index contributed by atoms with van der Waals surface area (Å²) in [5, 5.41) is 17.0.